The summed E-state index contributed by atoms with van der Waals surface area (Å²) in [6.07, 6.45) is 6.10. The van der Waals surface area contributed by atoms with Gasteiger partial charge in [-0.1, -0.05) is 50.1 Å². The Hall–Kier alpha value is -3.15. The third-order valence-corrected chi connectivity index (χ3v) is 5.65. The summed E-state index contributed by atoms with van der Waals surface area (Å²) in [5.41, 5.74) is 1.90. The van der Waals surface area contributed by atoms with Crippen LogP contribution in [0, 0.1) is 11.7 Å². The van der Waals surface area contributed by atoms with Crippen molar-refractivity contribution >= 4 is 5.91 Å². The van der Waals surface area contributed by atoms with Crippen molar-refractivity contribution in [1.29, 1.82) is 0 Å². The lowest BCUT2D eigenvalue weighted by molar-refractivity contribution is 0.0900. The summed E-state index contributed by atoms with van der Waals surface area (Å²) in [5.74, 6) is 0.285. The Balaban J connectivity index is 1.58. The molecule has 1 amide bonds. The predicted molar refractivity (Wildman–Crippen MR) is 113 cm³/mol. The minimum atomic E-state index is -0.323. The molecule has 156 valence electrons. The van der Waals surface area contributed by atoms with Crippen molar-refractivity contribution in [3.05, 3.63) is 77.9 Å². The van der Waals surface area contributed by atoms with Gasteiger partial charge < -0.3 is 10.1 Å². The van der Waals surface area contributed by atoms with E-state index in [1.54, 1.807) is 23.0 Å². The number of carbonyl (C=O) groups is 1. The van der Waals surface area contributed by atoms with Crippen molar-refractivity contribution < 1.29 is 13.9 Å². The zero-order chi connectivity index (χ0) is 20.9. The molecule has 1 fully saturated rings. The molecule has 0 bridgehead atoms. The molecular formula is C24H26FN3O2. The van der Waals surface area contributed by atoms with Crippen LogP contribution in [0.2, 0.25) is 0 Å². The molecule has 2 aromatic carbocycles. The van der Waals surface area contributed by atoms with Gasteiger partial charge in [0.25, 0.3) is 5.91 Å². The average Bonchev–Trinajstić information content (AvgIpc) is 3.19. The molecular weight excluding hydrogens is 381 g/mol. The van der Waals surface area contributed by atoms with Gasteiger partial charge in [0, 0.05) is 6.04 Å². The highest BCUT2D eigenvalue weighted by Crippen LogP contribution is 2.26. The van der Waals surface area contributed by atoms with Crippen LogP contribution in [0.4, 0.5) is 4.39 Å². The molecule has 1 heterocycles. The van der Waals surface area contributed by atoms with E-state index in [0.717, 1.165) is 24.8 Å². The van der Waals surface area contributed by atoms with Crippen molar-refractivity contribution in [3.8, 4) is 11.4 Å². The number of hydrogen-bond donors (Lipinski definition) is 1. The van der Waals surface area contributed by atoms with Crippen molar-refractivity contribution in [2.24, 2.45) is 5.92 Å². The normalized spacial score (nSPS) is 18.7. The van der Waals surface area contributed by atoms with E-state index in [1.807, 2.05) is 30.3 Å². The predicted octanol–water partition coefficient (Wildman–Crippen LogP) is 4.90. The monoisotopic (exact) mass is 407 g/mol. The average molecular weight is 407 g/mol. The molecule has 5 nitrogen and oxygen atoms in total. The minimum absolute atomic E-state index is 0.143. The van der Waals surface area contributed by atoms with Gasteiger partial charge in [-0.2, -0.15) is 5.10 Å². The third-order valence-electron chi connectivity index (χ3n) is 5.65. The Morgan fingerprint density at radius 3 is 2.60 bits per heavy atom. The highest BCUT2D eigenvalue weighted by Gasteiger charge is 2.26. The molecule has 0 radical (unpaired) electrons. The summed E-state index contributed by atoms with van der Waals surface area (Å²) in [4.78, 5) is 13.1. The van der Waals surface area contributed by atoms with Crippen LogP contribution in [-0.4, -0.2) is 21.7 Å². The molecule has 6 heteroatoms. The lowest BCUT2D eigenvalue weighted by Gasteiger charge is -2.29. The van der Waals surface area contributed by atoms with Crippen LogP contribution in [0.1, 0.15) is 48.7 Å². The Morgan fingerprint density at radius 1 is 1.13 bits per heavy atom. The Labute approximate surface area is 175 Å². The van der Waals surface area contributed by atoms with Gasteiger partial charge in [0.05, 0.1) is 11.9 Å². The third kappa shape index (κ3) is 4.70. The molecule has 3 aromatic rings. The van der Waals surface area contributed by atoms with Crippen LogP contribution in [0.5, 0.6) is 5.75 Å². The number of carbonyl (C=O) groups excluding carboxylic acids is 1. The smallest absolute Gasteiger partial charge is 0.275 e. The number of nitrogens with one attached hydrogen (secondary N) is 1. The van der Waals surface area contributed by atoms with Gasteiger partial charge >= 0.3 is 0 Å². The van der Waals surface area contributed by atoms with Crippen LogP contribution in [0.3, 0.4) is 0 Å². The van der Waals surface area contributed by atoms with Gasteiger partial charge in [-0.25, -0.2) is 9.07 Å². The lowest BCUT2D eigenvalue weighted by atomic mass is 9.86. The van der Waals surface area contributed by atoms with Crippen LogP contribution >= 0.6 is 0 Å². The topological polar surface area (TPSA) is 56.2 Å². The highest BCUT2D eigenvalue weighted by molar-refractivity contribution is 5.95. The van der Waals surface area contributed by atoms with E-state index >= 15 is 0 Å². The first-order valence-electron chi connectivity index (χ1n) is 10.4. The summed E-state index contributed by atoms with van der Waals surface area (Å²) < 4.78 is 20.8. The number of rotatable bonds is 6. The first-order valence-corrected chi connectivity index (χ1v) is 10.4. The quantitative estimate of drug-likeness (QED) is 0.632. The Bertz CT molecular complexity index is 985. The Morgan fingerprint density at radius 2 is 1.87 bits per heavy atom. The second kappa shape index (κ2) is 9.11. The van der Waals surface area contributed by atoms with E-state index in [0.29, 0.717) is 24.0 Å². The van der Waals surface area contributed by atoms with E-state index in [9.17, 15) is 9.18 Å². The standard InChI is InChI=1S/C24H26FN3O2/c1-17-7-5-6-10-21(17)26-24(29)23-22(30-16-18-8-3-2-4-9-18)15-28(27-23)20-13-11-19(25)12-14-20/h2-4,8-9,11-15,17,21H,5-7,10,16H2,1H3,(H,26,29). The summed E-state index contributed by atoms with van der Waals surface area (Å²) in [6.45, 7) is 2.50. The zero-order valence-electron chi connectivity index (χ0n) is 17.1. The highest BCUT2D eigenvalue weighted by atomic mass is 19.1. The van der Waals surface area contributed by atoms with Crippen LogP contribution in [0.25, 0.3) is 5.69 Å². The molecule has 0 spiro atoms. The van der Waals surface area contributed by atoms with Gasteiger partial charge in [-0.15, -0.1) is 0 Å². The van der Waals surface area contributed by atoms with E-state index in [2.05, 4.69) is 17.3 Å². The molecule has 1 aliphatic carbocycles. The Kier molecular flexibility index (Phi) is 6.12. The van der Waals surface area contributed by atoms with Crippen LogP contribution in [-0.2, 0) is 6.61 Å². The van der Waals surface area contributed by atoms with E-state index in [1.165, 1.54) is 18.6 Å². The minimum Gasteiger partial charge on any atom is -0.485 e. The SMILES string of the molecule is CC1CCCCC1NC(=O)c1nn(-c2ccc(F)cc2)cc1OCc1ccccc1. The summed E-state index contributed by atoms with van der Waals surface area (Å²) >= 11 is 0. The molecule has 2 atom stereocenters. The number of hydrogen-bond acceptors (Lipinski definition) is 3. The summed E-state index contributed by atoms with van der Waals surface area (Å²) in [6, 6.07) is 15.9. The second-order valence-corrected chi connectivity index (χ2v) is 7.88. The van der Waals surface area contributed by atoms with Gasteiger partial charge in [0.15, 0.2) is 11.4 Å². The molecule has 1 aliphatic rings. The van der Waals surface area contributed by atoms with E-state index < -0.39 is 0 Å². The first kappa shape index (κ1) is 20.1. The molecule has 0 saturated heterocycles. The van der Waals surface area contributed by atoms with Crippen LogP contribution in [0.15, 0.2) is 60.8 Å². The van der Waals surface area contributed by atoms with E-state index in [-0.39, 0.29) is 23.5 Å². The number of aromatic nitrogens is 2. The number of benzene rings is 2. The number of ether oxygens (including phenoxy) is 1. The van der Waals surface area contributed by atoms with Gasteiger partial charge in [0.2, 0.25) is 0 Å². The maximum absolute atomic E-state index is 13.3. The lowest BCUT2D eigenvalue weighted by Crippen LogP contribution is -2.41. The largest absolute Gasteiger partial charge is 0.485 e. The fraction of sp³-hybridized carbons (Fsp3) is 0.333. The maximum Gasteiger partial charge on any atom is 0.275 e. The summed E-state index contributed by atoms with van der Waals surface area (Å²) in [7, 11) is 0. The molecule has 1 saturated carbocycles. The second-order valence-electron chi connectivity index (χ2n) is 7.88. The number of nitrogens with zero attached hydrogens (tertiary/aromatic N) is 2. The number of amides is 1. The van der Waals surface area contributed by atoms with Crippen molar-refractivity contribution in [2.45, 2.75) is 45.3 Å². The van der Waals surface area contributed by atoms with Gasteiger partial charge in [0.1, 0.15) is 12.4 Å². The molecule has 4 rings (SSSR count). The fourth-order valence-electron chi connectivity index (χ4n) is 3.85. The zero-order valence-corrected chi connectivity index (χ0v) is 17.1. The first-order chi connectivity index (χ1) is 14.6. The van der Waals surface area contributed by atoms with Crippen molar-refractivity contribution in [3.63, 3.8) is 0 Å². The van der Waals surface area contributed by atoms with Gasteiger partial charge in [-0.05, 0) is 48.6 Å². The van der Waals surface area contributed by atoms with Gasteiger partial charge in [-0.3, -0.25) is 4.79 Å². The summed E-state index contributed by atoms with van der Waals surface area (Å²) in [5, 5.41) is 7.61. The molecule has 1 N–H and O–H groups in total. The maximum atomic E-state index is 13.3. The van der Waals surface area contributed by atoms with Crippen LogP contribution < -0.4 is 10.1 Å². The molecule has 30 heavy (non-hydrogen) atoms. The van der Waals surface area contributed by atoms with Crippen molar-refractivity contribution in [2.75, 3.05) is 0 Å². The fourth-order valence-corrected chi connectivity index (χ4v) is 3.85. The molecule has 0 aliphatic heterocycles. The molecule has 1 aromatic heterocycles. The van der Waals surface area contributed by atoms with E-state index in [4.69, 9.17) is 4.74 Å². The van der Waals surface area contributed by atoms with Crippen molar-refractivity contribution in [1.82, 2.24) is 15.1 Å². The number of halogens is 1. The molecule has 2 unspecified atom stereocenters.